The lowest BCUT2D eigenvalue weighted by Gasteiger charge is -2.26. The summed E-state index contributed by atoms with van der Waals surface area (Å²) in [5.41, 5.74) is 0.733. The first-order chi connectivity index (χ1) is 10.2. The van der Waals surface area contributed by atoms with E-state index in [-0.39, 0.29) is 29.2 Å². The van der Waals surface area contributed by atoms with Crippen molar-refractivity contribution in [3.05, 3.63) is 35.6 Å². The van der Waals surface area contributed by atoms with Crippen LogP contribution in [0, 0.1) is 11.2 Å². The van der Waals surface area contributed by atoms with Crippen LogP contribution in [0.1, 0.15) is 39.2 Å². The fourth-order valence-electron chi connectivity index (χ4n) is 2.33. The predicted molar refractivity (Wildman–Crippen MR) is 84.2 cm³/mol. The summed E-state index contributed by atoms with van der Waals surface area (Å²) < 4.78 is 13.0. The number of benzene rings is 1. The molecule has 1 atom stereocenters. The number of amides is 2. The summed E-state index contributed by atoms with van der Waals surface area (Å²) in [6.07, 6.45) is 1.39. The van der Waals surface area contributed by atoms with Gasteiger partial charge in [-0.3, -0.25) is 0 Å². The van der Waals surface area contributed by atoms with Gasteiger partial charge in [0.25, 0.3) is 0 Å². The van der Waals surface area contributed by atoms with Gasteiger partial charge in [-0.2, -0.15) is 0 Å². The number of aliphatic hydroxyl groups excluding tert-OH is 1. The smallest absolute Gasteiger partial charge is 0.314 e. The van der Waals surface area contributed by atoms with Crippen molar-refractivity contribution in [2.75, 3.05) is 13.1 Å². The van der Waals surface area contributed by atoms with Gasteiger partial charge < -0.3 is 15.7 Å². The number of rotatable bonds is 5. The van der Waals surface area contributed by atoms with E-state index in [2.05, 4.69) is 10.6 Å². The molecular formula is C17H25FN2O2. The van der Waals surface area contributed by atoms with Gasteiger partial charge in [0.2, 0.25) is 0 Å². The minimum Gasteiger partial charge on any atom is -0.391 e. The summed E-state index contributed by atoms with van der Waals surface area (Å²) in [6.45, 7) is 6.51. The number of aliphatic hydroxyl groups is 1. The minimum absolute atomic E-state index is 0.0618. The van der Waals surface area contributed by atoms with Gasteiger partial charge in [-0.05, 0) is 36.0 Å². The van der Waals surface area contributed by atoms with E-state index in [1.165, 1.54) is 12.1 Å². The highest BCUT2D eigenvalue weighted by molar-refractivity contribution is 5.74. The number of hydrogen-bond acceptors (Lipinski definition) is 2. The van der Waals surface area contributed by atoms with E-state index in [1.54, 1.807) is 12.1 Å². The van der Waals surface area contributed by atoms with Crippen molar-refractivity contribution in [2.45, 2.75) is 45.1 Å². The third kappa shape index (κ3) is 4.19. The third-order valence-corrected chi connectivity index (χ3v) is 4.35. The van der Waals surface area contributed by atoms with Gasteiger partial charge in [0.15, 0.2) is 0 Å². The number of carbonyl (C=O) groups is 1. The molecule has 4 nitrogen and oxygen atoms in total. The minimum atomic E-state index is -0.592. The van der Waals surface area contributed by atoms with Crippen molar-refractivity contribution < 1.29 is 14.3 Å². The van der Waals surface area contributed by atoms with E-state index >= 15 is 0 Å². The zero-order chi connectivity index (χ0) is 16.4. The molecule has 1 saturated carbocycles. The molecule has 1 aliphatic rings. The van der Waals surface area contributed by atoms with Crippen LogP contribution in [0.25, 0.3) is 0 Å². The van der Waals surface area contributed by atoms with E-state index in [9.17, 15) is 14.3 Å². The fourth-order valence-corrected chi connectivity index (χ4v) is 2.33. The lowest BCUT2D eigenvalue weighted by atomic mass is 9.89. The lowest BCUT2D eigenvalue weighted by Crippen LogP contribution is -2.45. The second-order valence-corrected chi connectivity index (χ2v) is 7.23. The summed E-state index contributed by atoms with van der Waals surface area (Å²) in [7, 11) is 0. The highest BCUT2D eigenvalue weighted by atomic mass is 19.1. The van der Waals surface area contributed by atoms with Crippen LogP contribution in [-0.2, 0) is 5.41 Å². The van der Waals surface area contributed by atoms with Crippen LogP contribution in [0.2, 0.25) is 0 Å². The van der Waals surface area contributed by atoms with E-state index in [0.717, 1.165) is 18.4 Å². The van der Waals surface area contributed by atoms with Crippen molar-refractivity contribution in [3.8, 4) is 0 Å². The molecule has 1 aromatic rings. The van der Waals surface area contributed by atoms with Gasteiger partial charge in [0.1, 0.15) is 5.82 Å². The van der Waals surface area contributed by atoms with Crippen LogP contribution in [-0.4, -0.2) is 30.3 Å². The highest BCUT2D eigenvalue weighted by Gasteiger charge is 2.44. The molecule has 0 heterocycles. The van der Waals surface area contributed by atoms with Crippen LogP contribution >= 0.6 is 0 Å². The zero-order valence-electron chi connectivity index (χ0n) is 13.4. The monoisotopic (exact) mass is 308 g/mol. The van der Waals surface area contributed by atoms with E-state index < -0.39 is 6.10 Å². The SMILES string of the molecule is CC(C)(C)C(O)CNC(=O)NCC1(c2ccc(F)cc2)CC1. The van der Waals surface area contributed by atoms with Crippen LogP contribution in [0.5, 0.6) is 0 Å². The molecular weight excluding hydrogens is 283 g/mol. The molecule has 1 unspecified atom stereocenters. The molecule has 5 heteroatoms. The first-order valence-electron chi connectivity index (χ1n) is 7.69. The molecule has 3 N–H and O–H groups in total. The van der Waals surface area contributed by atoms with E-state index in [4.69, 9.17) is 0 Å². The number of nitrogens with one attached hydrogen (secondary N) is 2. The molecule has 0 spiro atoms. The summed E-state index contributed by atoms with van der Waals surface area (Å²) >= 11 is 0. The standard InChI is InChI=1S/C17H25FN2O2/c1-16(2,3)14(21)10-19-15(22)20-11-17(8-9-17)12-4-6-13(18)7-5-12/h4-7,14,21H,8-11H2,1-3H3,(H2,19,20,22). The Hall–Kier alpha value is -1.62. The average Bonchev–Trinajstić information content (AvgIpc) is 3.23. The molecule has 2 rings (SSSR count). The Kier molecular flexibility index (Phi) is 4.75. The number of urea groups is 1. The average molecular weight is 308 g/mol. The Bertz CT molecular complexity index is 518. The van der Waals surface area contributed by atoms with Crippen molar-refractivity contribution in [1.29, 1.82) is 0 Å². The Labute approximate surface area is 131 Å². The van der Waals surface area contributed by atoms with Crippen molar-refractivity contribution in [1.82, 2.24) is 10.6 Å². The maximum Gasteiger partial charge on any atom is 0.314 e. The Morgan fingerprint density at radius 1 is 1.27 bits per heavy atom. The second kappa shape index (κ2) is 6.24. The third-order valence-electron chi connectivity index (χ3n) is 4.35. The zero-order valence-corrected chi connectivity index (χ0v) is 13.4. The Balaban J connectivity index is 1.80. The molecule has 1 aliphatic carbocycles. The molecule has 0 aliphatic heterocycles. The molecule has 0 saturated heterocycles. The molecule has 1 fully saturated rings. The Morgan fingerprint density at radius 3 is 2.36 bits per heavy atom. The van der Waals surface area contributed by atoms with Gasteiger partial charge in [-0.1, -0.05) is 32.9 Å². The quantitative estimate of drug-likeness (QED) is 0.783. The summed E-state index contributed by atoms with van der Waals surface area (Å²) in [6, 6.07) is 6.19. The van der Waals surface area contributed by atoms with Gasteiger partial charge in [0.05, 0.1) is 6.10 Å². The molecule has 0 aromatic heterocycles. The number of hydrogen-bond donors (Lipinski definition) is 3. The maximum absolute atomic E-state index is 13.0. The van der Waals surface area contributed by atoms with Gasteiger partial charge in [-0.15, -0.1) is 0 Å². The molecule has 0 radical (unpaired) electrons. The largest absolute Gasteiger partial charge is 0.391 e. The van der Waals surface area contributed by atoms with Gasteiger partial charge in [0, 0.05) is 18.5 Å². The highest BCUT2D eigenvalue weighted by Crippen LogP contribution is 2.47. The van der Waals surface area contributed by atoms with E-state index in [0.29, 0.717) is 6.54 Å². The molecule has 1 aromatic carbocycles. The normalized spacial score (nSPS) is 17.7. The van der Waals surface area contributed by atoms with Crippen LogP contribution < -0.4 is 10.6 Å². The van der Waals surface area contributed by atoms with Gasteiger partial charge >= 0.3 is 6.03 Å². The molecule has 2 amide bonds. The van der Waals surface area contributed by atoms with Crippen LogP contribution in [0.15, 0.2) is 24.3 Å². The summed E-state index contributed by atoms with van der Waals surface area (Å²) in [5.74, 6) is -0.249. The second-order valence-electron chi connectivity index (χ2n) is 7.23. The van der Waals surface area contributed by atoms with E-state index in [1.807, 2.05) is 20.8 Å². The van der Waals surface area contributed by atoms with Crippen molar-refractivity contribution in [2.24, 2.45) is 5.41 Å². The maximum atomic E-state index is 13.0. The number of carbonyl (C=O) groups excluding carboxylic acids is 1. The van der Waals surface area contributed by atoms with Crippen LogP contribution in [0.4, 0.5) is 9.18 Å². The summed E-state index contributed by atoms with van der Waals surface area (Å²) in [4.78, 5) is 11.8. The van der Waals surface area contributed by atoms with Crippen LogP contribution in [0.3, 0.4) is 0 Å². The first-order valence-corrected chi connectivity index (χ1v) is 7.69. The Morgan fingerprint density at radius 2 is 1.86 bits per heavy atom. The first kappa shape index (κ1) is 16.7. The van der Waals surface area contributed by atoms with Crippen molar-refractivity contribution in [3.63, 3.8) is 0 Å². The summed E-state index contributed by atoms with van der Waals surface area (Å²) in [5, 5.41) is 15.4. The number of halogens is 1. The predicted octanol–water partition coefficient (Wildman–Crippen LogP) is 2.56. The van der Waals surface area contributed by atoms with Gasteiger partial charge in [-0.25, -0.2) is 9.18 Å². The fraction of sp³-hybridized carbons (Fsp3) is 0.588. The molecule has 122 valence electrons. The lowest BCUT2D eigenvalue weighted by molar-refractivity contribution is 0.0650. The topological polar surface area (TPSA) is 61.4 Å². The van der Waals surface area contributed by atoms with Crippen molar-refractivity contribution >= 4 is 6.03 Å². The molecule has 22 heavy (non-hydrogen) atoms. The molecule has 0 bridgehead atoms.